The first-order chi connectivity index (χ1) is 12.1. The van der Waals surface area contributed by atoms with Crippen LogP contribution in [-0.2, 0) is 0 Å². The summed E-state index contributed by atoms with van der Waals surface area (Å²) in [6, 6.07) is 10.6. The number of amides is 1. The van der Waals surface area contributed by atoms with Gasteiger partial charge in [0.05, 0.1) is 6.04 Å². The van der Waals surface area contributed by atoms with Crippen molar-refractivity contribution >= 4 is 11.6 Å². The first-order valence-corrected chi connectivity index (χ1v) is 8.13. The molecule has 0 radical (unpaired) electrons. The molecule has 0 spiro atoms. The first kappa shape index (κ1) is 15.4. The molecule has 7 heteroatoms. The smallest absolute Gasteiger partial charge is 0.252 e. The van der Waals surface area contributed by atoms with Gasteiger partial charge in [0.25, 0.3) is 5.91 Å². The second-order valence-corrected chi connectivity index (χ2v) is 6.25. The number of ether oxygens (including phenoxy) is 2. The Morgan fingerprint density at radius 1 is 1.16 bits per heavy atom. The molecule has 1 aliphatic heterocycles. The Balaban J connectivity index is 1.63. The number of nitrogens with zero attached hydrogens (tertiary/aromatic N) is 3. The minimum atomic E-state index is -0.268. The van der Waals surface area contributed by atoms with E-state index in [-0.39, 0.29) is 24.7 Å². The predicted octanol–water partition coefficient (Wildman–Crippen LogP) is 2.59. The molecule has 0 fully saturated rings. The fourth-order valence-electron chi connectivity index (χ4n) is 2.86. The zero-order chi connectivity index (χ0) is 17.4. The third-order valence-electron chi connectivity index (χ3n) is 4.21. The van der Waals surface area contributed by atoms with Crippen molar-refractivity contribution in [2.45, 2.75) is 19.9 Å². The van der Waals surface area contributed by atoms with Crippen LogP contribution < -0.4 is 14.8 Å². The standard InChI is InChI=1S/C18H18N4O3/c1-11(2)16(17-21-20-15-5-3-4-8-22(15)17)19-18(23)12-6-7-13-14(9-12)25-10-24-13/h3-9,11,16H,10H2,1-2H3,(H,19,23)/t16-/m0/s1. The van der Waals surface area contributed by atoms with Crippen molar-refractivity contribution in [3.05, 3.63) is 54.0 Å². The van der Waals surface area contributed by atoms with E-state index in [0.717, 1.165) is 5.65 Å². The largest absolute Gasteiger partial charge is 0.454 e. The molecule has 0 saturated carbocycles. The first-order valence-electron chi connectivity index (χ1n) is 8.13. The Bertz CT molecular complexity index is 935. The van der Waals surface area contributed by atoms with Crippen LogP contribution >= 0.6 is 0 Å². The van der Waals surface area contributed by atoms with Crippen LogP contribution in [-0.4, -0.2) is 27.3 Å². The Hall–Kier alpha value is -3.09. The number of hydrogen-bond acceptors (Lipinski definition) is 5. The third-order valence-corrected chi connectivity index (χ3v) is 4.21. The van der Waals surface area contributed by atoms with Gasteiger partial charge in [-0.25, -0.2) is 0 Å². The fourth-order valence-corrected chi connectivity index (χ4v) is 2.86. The van der Waals surface area contributed by atoms with E-state index in [2.05, 4.69) is 15.5 Å². The van der Waals surface area contributed by atoms with Gasteiger partial charge in [-0.3, -0.25) is 9.20 Å². The molecule has 2 aromatic heterocycles. The summed E-state index contributed by atoms with van der Waals surface area (Å²) in [6.45, 7) is 4.25. The van der Waals surface area contributed by atoms with E-state index in [0.29, 0.717) is 22.9 Å². The molecular formula is C18H18N4O3. The number of aromatic nitrogens is 3. The van der Waals surface area contributed by atoms with E-state index >= 15 is 0 Å². The van der Waals surface area contributed by atoms with Crippen molar-refractivity contribution in [2.75, 3.05) is 6.79 Å². The van der Waals surface area contributed by atoms with E-state index in [1.165, 1.54) is 0 Å². The topological polar surface area (TPSA) is 77.8 Å². The Labute approximate surface area is 144 Å². The summed E-state index contributed by atoms with van der Waals surface area (Å²) in [6.07, 6.45) is 1.90. The minimum Gasteiger partial charge on any atom is -0.454 e. The van der Waals surface area contributed by atoms with Gasteiger partial charge in [0.15, 0.2) is 23.0 Å². The van der Waals surface area contributed by atoms with Crippen LogP contribution in [0.2, 0.25) is 0 Å². The van der Waals surface area contributed by atoms with Crippen molar-refractivity contribution in [1.82, 2.24) is 19.9 Å². The molecule has 1 aliphatic rings. The van der Waals surface area contributed by atoms with Crippen molar-refractivity contribution in [3.63, 3.8) is 0 Å². The number of carbonyl (C=O) groups excluding carboxylic acids is 1. The van der Waals surface area contributed by atoms with Crippen LogP contribution in [0.5, 0.6) is 11.5 Å². The molecule has 1 amide bonds. The molecule has 4 rings (SSSR count). The molecule has 128 valence electrons. The zero-order valence-corrected chi connectivity index (χ0v) is 14.0. The lowest BCUT2D eigenvalue weighted by atomic mass is 10.0. The highest BCUT2D eigenvalue weighted by Gasteiger charge is 2.25. The molecule has 25 heavy (non-hydrogen) atoms. The highest BCUT2D eigenvalue weighted by molar-refractivity contribution is 5.95. The van der Waals surface area contributed by atoms with Gasteiger partial charge in [-0.05, 0) is 36.2 Å². The molecule has 7 nitrogen and oxygen atoms in total. The minimum absolute atomic E-state index is 0.144. The van der Waals surface area contributed by atoms with E-state index in [1.54, 1.807) is 18.2 Å². The molecule has 3 aromatic rings. The number of hydrogen-bond donors (Lipinski definition) is 1. The van der Waals surface area contributed by atoms with Crippen LogP contribution in [0.3, 0.4) is 0 Å². The van der Waals surface area contributed by atoms with E-state index < -0.39 is 0 Å². The fraction of sp³-hybridized carbons (Fsp3) is 0.278. The van der Waals surface area contributed by atoms with Crippen molar-refractivity contribution in [1.29, 1.82) is 0 Å². The van der Waals surface area contributed by atoms with E-state index in [1.807, 2.05) is 42.6 Å². The maximum Gasteiger partial charge on any atom is 0.252 e. The number of benzene rings is 1. The van der Waals surface area contributed by atoms with Crippen LogP contribution in [0.25, 0.3) is 5.65 Å². The SMILES string of the molecule is CC(C)[C@H](NC(=O)c1ccc2c(c1)OCO2)c1nnc2ccccn12. The summed E-state index contributed by atoms with van der Waals surface area (Å²) >= 11 is 0. The van der Waals surface area contributed by atoms with Gasteiger partial charge in [0.1, 0.15) is 0 Å². The lowest BCUT2D eigenvalue weighted by Crippen LogP contribution is -2.33. The molecular weight excluding hydrogens is 320 g/mol. The maximum absolute atomic E-state index is 12.7. The molecule has 1 atom stereocenters. The van der Waals surface area contributed by atoms with Gasteiger partial charge in [0, 0.05) is 11.8 Å². The molecule has 0 aliphatic carbocycles. The van der Waals surface area contributed by atoms with Crippen molar-refractivity contribution in [2.24, 2.45) is 5.92 Å². The van der Waals surface area contributed by atoms with Gasteiger partial charge in [0.2, 0.25) is 6.79 Å². The molecule has 1 N–H and O–H groups in total. The Morgan fingerprint density at radius 2 is 2.00 bits per heavy atom. The average molecular weight is 338 g/mol. The maximum atomic E-state index is 12.7. The number of fused-ring (bicyclic) bond motifs is 2. The summed E-state index contributed by atoms with van der Waals surface area (Å²) in [5.41, 5.74) is 1.27. The predicted molar refractivity (Wildman–Crippen MR) is 90.6 cm³/mol. The summed E-state index contributed by atoms with van der Waals surface area (Å²) in [5.74, 6) is 1.90. The Kier molecular flexibility index (Phi) is 3.76. The average Bonchev–Trinajstić information content (AvgIpc) is 3.25. The summed E-state index contributed by atoms with van der Waals surface area (Å²) in [5, 5.41) is 11.5. The van der Waals surface area contributed by atoms with Crippen LogP contribution in [0.15, 0.2) is 42.6 Å². The van der Waals surface area contributed by atoms with E-state index in [9.17, 15) is 4.79 Å². The van der Waals surface area contributed by atoms with Gasteiger partial charge in [-0.1, -0.05) is 19.9 Å². The molecule has 3 heterocycles. The lowest BCUT2D eigenvalue weighted by molar-refractivity contribution is 0.0922. The highest BCUT2D eigenvalue weighted by atomic mass is 16.7. The van der Waals surface area contributed by atoms with Crippen molar-refractivity contribution < 1.29 is 14.3 Å². The lowest BCUT2D eigenvalue weighted by Gasteiger charge is -2.21. The summed E-state index contributed by atoms with van der Waals surface area (Å²) in [7, 11) is 0. The van der Waals surface area contributed by atoms with E-state index in [4.69, 9.17) is 9.47 Å². The number of nitrogens with one attached hydrogen (secondary N) is 1. The van der Waals surface area contributed by atoms with Gasteiger partial charge in [-0.15, -0.1) is 10.2 Å². The van der Waals surface area contributed by atoms with Crippen LogP contribution in [0.4, 0.5) is 0 Å². The quantitative estimate of drug-likeness (QED) is 0.791. The monoisotopic (exact) mass is 338 g/mol. The van der Waals surface area contributed by atoms with Gasteiger partial charge < -0.3 is 14.8 Å². The molecule has 1 aromatic carbocycles. The van der Waals surface area contributed by atoms with Crippen molar-refractivity contribution in [3.8, 4) is 11.5 Å². The normalized spacial score (nSPS) is 14.0. The summed E-state index contributed by atoms with van der Waals surface area (Å²) < 4.78 is 12.5. The van der Waals surface area contributed by atoms with Crippen LogP contribution in [0, 0.1) is 5.92 Å². The highest BCUT2D eigenvalue weighted by Crippen LogP contribution is 2.32. The Morgan fingerprint density at radius 3 is 2.84 bits per heavy atom. The number of pyridine rings is 1. The third kappa shape index (κ3) is 2.77. The van der Waals surface area contributed by atoms with Crippen LogP contribution in [0.1, 0.15) is 36.1 Å². The zero-order valence-electron chi connectivity index (χ0n) is 14.0. The van der Waals surface area contributed by atoms with Gasteiger partial charge >= 0.3 is 0 Å². The molecule has 0 bridgehead atoms. The number of carbonyl (C=O) groups is 1. The van der Waals surface area contributed by atoms with Gasteiger partial charge in [-0.2, -0.15) is 0 Å². The summed E-state index contributed by atoms with van der Waals surface area (Å²) in [4.78, 5) is 12.7. The molecule has 0 saturated heterocycles. The second-order valence-electron chi connectivity index (χ2n) is 6.25. The number of rotatable bonds is 4. The second kappa shape index (κ2) is 6.08. The molecule has 0 unspecified atom stereocenters.